The van der Waals surface area contributed by atoms with Gasteiger partial charge in [-0.05, 0) is 36.4 Å². The lowest BCUT2D eigenvalue weighted by molar-refractivity contribution is 0.102. The Bertz CT molecular complexity index is 1000. The number of hydrogen-bond acceptors (Lipinski definition) is 4. The molecule has 118 valence electrons. The lowest BCUT2D eigenvalue weighted by Crippen LogP contribution is -2.12. The smallest absolute Gasteiger partial charge is 0.277 e. The molecule has 2 aromatic heterocycles. The van der Waals surface area contributed by atoms with Crippen molar-refractivity contribution in [3.8, 4) is 11.4 Å². The first kappa shape index (κ1) is 14.1. The Morgan fingerprint density at radius 3 is 2.62 bits per heavy atom. The maximum absolute atomic E-state index is 12.0. The van der Waals surface area contributed by atoms with E-state index >= 15 is 0 Å². The van der Waals surface area contributed by atoms with Gasteiger partial charge in [-0.25, -0.2) is 4.98 Å². The highest BCUT2D eigenvalue weighted by atomic mass is 16.2. The molecule has 7 heteroatoms. The SMILES string of the molecule is Cn1c(-c2ccc(NC(=O)c3cn[nH]n3)cc2)nc2ccccc21. The molecule has 0 saturated heterocycles. The Labute approximate surface area is 137 Å². The first-order chi connectivity index (χ1) is 11.7. The second kappa shape index (κ2) is 5.62. The normalized spacial score (nSPS) is 10.9. The first-order valence-corrected chi connectivity index (χ1v) is 7.41. The molecule has 24 heavy (non-hydrogen) atoms. The van der Waals surface area contributed by atoms with Crippen LogP contribution in [-0.4, -0.2) is 30.9 Å². The Kier molecular flexibility index (Phi) is 3.31. The van der Waals surface area contributed by atoms with Gasteiger partial charge in [0.15, 0.2) is 5.69 Å². The molecule has 2 heterocycles. The summed E-state index contributed by atoms with van der Waals surface area (Å²) in [6, 6.07) is 15.5. The van der Waals surface area contributed by atoms with Crippen LogP contribution in [0.25, 0.3) is 22.4 Å². The van der Waals surface area contributed by atoms with Crippen molar-refractivity contribution in [2.75, 3.05) is 5.32 Å². The largest absolute Gasteiger partial charge is 0.327 e. The lowest BCUT2D eigenvalue weighted by Gasteiger charge is -2.06. The predicted molar refractivity (Wildman–Crippen MR) is 90.5 cm³/mol. The molecule has 1 amide bonds. The quantitative estimate of drug-likeness (QED) is 0.608. The number of carbonyl (C=O) groups is 1. The van der Waals surface area contributed by atoms with E-state index in [2.05, 4.69) is 30.3 Å². The number of rotatable bonds is 3. The summed E-state index contributed by atoms with van der Waals surface area (Å²) >= 11 is 0. The van der Waals surface area contributed by atoms with E-state index < -0.39 is 0 Å². The number of anilines is 1. The third-order valence-corrected chi connectivity index (χ3v) is 3.84. The number of benzene rings is 2. The van der Waals surface area contributed by atoms with Crippen molar-refractivity contribution >= 4 is 22.6 Å². The number of nitrogens with zero attached hydrogens (tertiary/aromatic N) is 4. The standard InChI is InChI=1S/C17H14N6O/c1-23-15-5-3-2-4-13(15)20-16(23)11-6-8-12(9-7-11)19-17(24)14-10-18-22-21-14/h2-10H,1H3,(H,19,24)(H,18,21,22). The summed E-state index contributed by atoms with van der Waals surface area (Å²) in [6.45, 7) is 0. The fourth-order valence-corrected chi connectivity index (χ4v) is 2.61. The van der Waals surface area contributed by atoms with Gasteiger partial charge in [0.2, 0.25) is 0 Å². The zero-order chi connectivity index (χ0) is 16.5. The number of imidazole rings is 1. The Morgan fingerprint density at radius 2 is 1.92 bits per heavy atom. The minimum atomic E-state index is -0.306. The molecule has 0 unspecified atom stereocenters. The Balaban J connectivity index is 1.61. The lowest BCUT2D eigenvalue weighted by atomic mass is 10.2. The third kappa shape index (κ3) is 2.41. The molecule has 0 bridgehead atoms. The molecule has 0 aliphatic carbocycles. The second-order valence-electron chi connectivity index (χ2n) is 5.37. The van der Waals surface area contributed by atoms with E-state index in [4.69, 9.17) is 0 Å². The molecule has 0 aliphatic heterocycles. The fourth-order valence-electron chi connectivity index (χ4n) is 2.61. The van der Waals surface area contributed by atoms with E-state index in [0.717, 1.165) is 22.4 Å². The van der Waals surface area contributed by atoms with Gasteiger partial charge in [-0.2, -0.15) is 15.4 Å². The molecule has 7 nitrogen and oxygen atoms in total. The third-order valence-electron chi connectivity index (χ3n) is 3.84. The van der Waals surface area contributed by atoms with Crippen molar-refractivity contribution in [3.63, 3.8) is 0 Å². The summed E-state index contributed by atoms with van der Waals surface area (Å²) in [5.41, 5.74) is 3.95. The van der Waals surface area contributed by atoms with Crippen LogP contribution in [0.2, 0.25) is 0 Å². The average Bonchev–Trinajstić information content (AvgIpc) is 3.25. The van der Waals surface area contributed by atoms with E-state index in [1.54, 1.807) is 0 Å². The van der Waals surface area contributed by atoms with Crippen molar-refractivity contribution < 1.29 is 4.79 Å². The number of amides is 1. The van der Waals surface area contributed by atoms with Crippen LogP contribution in [-0.2, 0) is 7.05 Å². The number of para-hydroxylation sites is 2. The topological polar surface area (TPSA) is 88.5 Å². The van der Waals surface area contributed by atoms with Gasteiger partial charge >= 0.3 is 0 Å². The van der Waals surface area contributed by atoms with E-state index in [1.807, 2.05) is 55.6 Å². The number of fused-ring (bicyclic) bond motifs is 1. The van der Waals surface area contributed by atoms with Crippen molar-refractivity contribution in [2.24, 2.45) is 7.05 Å². The van der Waals surface area contributed by atoms with Gasteiger partial charge in [0.25, 0.3) is 5.91 Å². The molecule has 2 aromatic carbocycles. The molecule has 0 spiro atoms. The minimum absolute atomic E-state index is 0.245. The first-order valence-electron chi connectivity index (χ1n) is 7.41. The van der Waals surface area contributed by atoms with Crippen molar-refractivity contribution in [3.05, 3.63) is 60.4 Å². The summed E-state index contributed by atoms with van der Waals surface area (Å²) in [5, 5.41) is 12.6. The maximum atomic E-state index is 12.0. The van der Waals surface area contributed by atoms with E-state index in [0.29, 0.717) is 5.69 Å². The number of H-pyrrole nitrogens is 1. The van der Waals surface area contributed by atoms with Crippen LogP contribution in [0.3, 0.4) is 0 Å². The predicted octanol–water partition coefficient (Wildman–Crippen LogP) is 2.61. The van der Waals surface area contributed by atoms with E-state index in [9.17, 15) is 4.79 Å². The molecule has 0 atom stereocenters. The molecule has 0 saturated carbocycles. The molecule has 0 radical (unpaired) electrons. The molecule has 0 aliphatic rings. The van der Waals surface area contributed by atoms with Crippen LogP contribution in [0.5, 0.6) is 0 Å². The monoisotopic (exact) mass is 318 g/mol. The van der Waals surface area contributed by atoms with Gasteiger partial charge in [0.1, 0.15) is 5.82 Å². The van der Waals surface area contributed by atoms with Crippen molar-refractivity contribution in [1.82, 2.24) is 25.0 Å². The summed E-state index contributed by atoms with van der Waals surface area (Å²) in [7, 11) is 1.99. The van der Waals surface area contributed by atoms with Crippen LogP contribution >= 0.6 is 0 Å². The number of nitrogens with one attached hydrogen (secondary N) is 2. The van der Waals surface area contributed by atoms with Gasteiger partial charge in [-0.1, -0.05) is 12.1 Å². The van der Waals surface area contributed by atoms with E-state index in [-0.39, 0.29) is 11.6 Å². The Hall–Kier alpha value is -3.48. The van der Waals surface area contributed by atoms with Crippen LogP contribution in [0.4, 0.5) is 5.69 Å². The average molecular weight is 318 g/mol. The maximum Gasteiger partial charge on any atom is 0.277 e. The molecule has 4 rings (SSSR count). The van der Waals surface area contributed by atoms with Gasteiger partial charge in [-0.3, -0.25) is 4.79 Å². The highest BCUT2D eigenvalue weighted by Crippen LogP contribution is 2.24. The molecule has 2 N–H and O–H groups in total. The molecular weight excluding hydrogens is 304 g/mol. The molecule has 0 fully saturated rings. The second-order valence-corrected chi connectivity index (χ2v) is 5.37. The van der Waals surface area contributed by atoms with Gasteiger partial charge in [0.05, 0.1) is 17.2 Å². The summed E-state index contributed by atoms with van der Waals surface area (Å²) in [4.78, 5) is 16.6. The Morgan fingerprint density at radius 1 is 1.12 bits per heavy atom. The van der Waals surface area contributed by atoms with Crippen LogP contribution < -0.4 is 5.32 Å². The number of hydrogen-bond donors (Lipinski definition) is 2. The van der Waals surface area contributed by atoms with Crippen LogP contribution in [0, 0.1) is 0 Å². The zero-order valence-corrected chi connectivity index (χ0v) is 12.9. The number of aromatic amines is 1. The minimum Gasteiger partial charge on any atom is -0.327 e. The number of aromatic nitrogens is 5. The summed E-state index contributed by atoms with van der Waals surface area (Å²) in [5.74, 6) is 0.574. The van der Waals surface area contributed by atoms with Gasteiger partial charge < -0.3 is 9.88 Å². The van der Waals surface area contributed by atoms with Crippen LogP contribution in [0.1, 0.15) is 10.5 Å². The zero-order valence-electron chi connectivity index (χ0n) is 12.9. The van der Waals surface area contributed by atoms with Crippen LogP contribution in [0.15, 0.2) is 54.7 Å². The highest BCUT2D eigenvalue weighted by Gasteiger charge is 2.11. The number of carbonyl (C=O) groups excluding carboxylic acids is 1. The molecule has 4 aromatic rings. The van der Waals surface area contributed by atoms with Crippen molar-refractivity contribution in [1.29, 1.82) is 0 Å². The fraction of sp³-hybridized carbons (Fsp3) is 0.0588. The highest BCUT2D eigenvalue weighted by molar-refractivity contribution is 6.02. The van der Waals surface area contributed by atoms with Gasteiger partial charge in [0, 0.05) is 18.3 Å². The number of aryl methyl sites for hydroxylation is 1. The molecular formula is C17H14N6O. The summed E-state index contributed by atoms with van der Waals surface area (Å²) in [6.07, 6.45) is 1.38. The van der Waals surface area contributed by atoms with Crippen molar-refractivity contribution in [2.45, 2.75) is 0 Å². The summed E-state index contributed by atoms with van der Waals surface area (Å²) < 4.78 is 2.05. The van der Waals surface area contributed by atoms with Gasteiger partial charge in [-0.15, -0.1) is 0 Å². The van der Waals surface area contributed by atoms with E-state index in [1.165, 1.54) is 6.20 Å².